The van der Waals surface area contributed by atoms with Gasteiger partial charge in [-0.2, -0.15) is 0 Å². The minimum atomic E-state index is -4.87. The molecule has 230 valence electrons. The number of halogens is 3. The fourth-order valence-corrected chi connectivity index (χ4v) is 9.99. The lowest BCUT2D eigenvalue weighted by Gasteiger charge is -2.53. The zero-order chi connectivity index (χ0) is 30.7. The normalized spacial score (nSPS) is 23.0. The Morgan fingerprint density at radius 1 is 1.02 bits per heavy atom. The van der Waals surface area contributed by atoms with Gasteiger partial charge in [0.1, 0.15) is 11.6 Å². The number of sulfone groups is 1. The molecule has 43 heavy (non-hydrogen) atoms. The van der Waals surface area contributed by atoms with E-state index < -0.39 is 47.9 Å². The number of aromatic nitrogens is 2. The van der Waals surface area contributed by atoms with Crippen LogP contribution in [0, 0.1) is 22.9 Å². The quantitative estimate of drug-likeness (QED) is 0.356. The second-order valence-corrected chi connectivity index (χ2v) is 15.5. The summed E-state index contributed by atoms with van der Waals surface area (Å²) in [5, 5.41) is 6.50. The summed E-state index contributed by atoms with van der Waals surface area (Å²) >= 11 is 0. The molecule has 2 saturated heterocycles. The SMILES string of the molecule is CC1CNCC(C)N1c1cc(-c2ccnc(NC3CC4(C3)CS(=O)(=O)C4)n2)cc(NS(=O)(=O)c2c(F)cccc2F)c1F. The first-order chi connectivity index (χ1) is 20.3. The van der Waals surface area contributed by atoms with Gasteiger partial charge in [0, 0.05) is 48.4 Å². The summed E-state index contributed by atoms with van der Waals surface area (Å²) in [7, 11) is -7.81. The van der Waals surface area contributed by atoms with E-state index in [2.05, 4.69) is 25.3 Å². The molecular formula is C28H31F3N6O4S2. The van der Waals surface area contributed by atoms with Crippen LogP contribution >= 0.6 is 0 Å². The van der Waals surface area contributed by atoms with Gasteiger partial charge >= 0.3 is 0 Å². The molecule has 0 amide bonds. The van der Waals surface area contributed by atoms with Crippen molar-refractivity contribution in [1.82, 2.24) is 15.3 Å². The Morgan fingerprint density at radius 2 is 1.67 bits per heavy atom. The second kappa shape index (κ2) is 10.6. The first-order valence-electron chi connectivity index (χ1n) is 13.9. The van der Waals surface area contributed by atoms with E-state index in [9.17, 15) is 25.6 Å². The van der Waals surface area contributed by atoms with Crippen molar-refractivity contribution in [1.29, 1.82) is 0 Å². The van der Waals surface area contributed by atoms with Gasteiger partial charge < -0.3 is 15.5 Å². The van der Waals surface area contributed by atoms with Crippen LogP contribution in [0.5, 0.6) is 0 Å². The highest BCUT2D eigenvalue weighted by Gasteiger charge is 2.56. The average Bonchev–Trinajstić information content (AvgIpc) is 2.88. The number of nitrogens with zero attached hydrogens (tertiary/aromatic N) is 3. The molecular weight excluding hydrogens is 605 g/mol. The van der Waals surface area contributed by atoms with Crippen molar-refractivity contribution in [3.63, 3.8) is 0 Å². The summed E-state index contributed by atoms with van der Waals surface area (Å²) in [5.74, 6) is -2.85. The predicted octanol–water partition coefficient (Wildman–Crippen LogP) is 3.54. The highest BCUT2D eigenvalue weighted by molar-refractivity contribution is 7.93. The van der Waals surface area contributed by atoms with Crippen LogP contribution in [0.15, 0.2) is 47.5 Å². The number of piperazine rings is 1. The topological polar surface area (TPSA) is 133 Å². The number of anilines is 3. The number of hydrogen-bond donors (Lipinski definition) is 3. The van der Waals surface area contributed by atoms with Crippen LogP contribution in [0.1, 0.15) is 26.7 Å². The molecule has 3 N–H and O–H groups in total. The Labute approximate surface area is 248 Å². The van der Waals surface area contributed by atoms with E-state index >= 15 is 4.39 Å². The molecule has 2 unspecified atom stereocenters. The Hall–Kier alpha value is -3.43. The summed E-state index contributed by atoms with van der Waals surface area (Å²) in [4.78, 5) is 9.46. The summed E-state index contributed by atoms with van der Waals surface area (Å²) in [6.45, 7) is 4.92. The highest BCUT2D eigenvalue weighted by atomic mass is 32.2. The average molecular weight is 637 g/mol. The lowest BCUT2D eigenvalue weighted by Crippen LogP contribution is -2.60. The molecule has 2 aliphatic heterocycles. The van der Waals surface area contributed by atoms with Crippen molar-refractivity contribution in [2.24, 2.45) is 5.41 Å². The second-order valence-electron chi connectivity index (χ2n) is 11.8. The lowest BCUT2D eigenvalue weighted by molar-refractivity contribution is 0.153. The molecule has 1 aromatic heterocycles. The monoisotopic (exact) mass is 636 g/mol. The minimum absolute atomic E-state index is 0.00452. The van der Waals surface area contributed by atoms with E-state index in [-0.39, 0.29) is 46.7 Å². The van der Waals surface area contributed by atoms with Crippen LogP contribution in [-0.4, -0.2) is 69.5 Å². The molecule has 3 heterocycles. The number of rotatable bonds is 7. The maximum Gasteiger partial charge on any atom is 0.267 e. The Morgan fingerprint density at radius 3 is 2.30 bits per heavy atom. The smallest absolute Gasteiger partial charge is 0.267 e. The van der Waals surface area contributed by atoms with E-state index in [0.29, 0.717) is 37.2 Å². The molecule has 1 aliphatic carbocycles. The molecule has 3 fully saturated rings. The number of hydrogen-bond acceptors (Lipinski definition) is 9. The van der Waals surface area contributed by atoms with Crippen molar-refractivity contribution in [2.45, 2.75) is 49.7 Å². The van der Waals surface area contributed by atoms with Gasteiger partial charge in [0.2, 0.25) is 5.95 Å². The molecule has 3 aliphatic rings. The summed E-state index contributed by atoms with van der Waals surface area (Å²) in [5.41, 5.74) is 0.133. The molecule has 2 atom stereocenters. The van der Waals surface area contributed by atoms with Gasteiger partial charge in [-0.15, -0.1) is 0 Å². The van der Waals surface area contributed by atoms with Crippen molar-refractivity contribution in [3.05, 3.63) is 60.0 Å². The first kappa shape index (κ1) is 29.6. The number of nitrogens with one attached hydrogen (secondary N) is 3. The van der Waals surface area contributed by atoms with Crippen molar-refractivity contribution >= 4 is 37.2 Å². The van der Waals surface area contributed by atoms with Crippen molar-refractivity contribution in [2.75, 3.05) is 39.5 Å². The van der Waals surface area contributed by atoms with Gasteiger partial charge in [0.15, 0.2) is 20.5 Å². The zero-order valence-corrected chi connectivity index (χ0v) is 25.1. The Bertz CT molecular complexity index is 1760. The standard InChI is InChI=1S/C28H31F3N6O4S2/c1-16-12-32-13-17(2)37(16)24-9-18(8-23(25(24)31)36-43(40,41)26-20(29)4-3-5-21(26)30)22-6-7-33-27(35-22)34-19-10-28(11-19)14-42(38,39)15-28/h3-9,16-17,19,32,36H,10-15H2,1-2H3,(H,33,34,35). The van der Waals surface area contributed by atoms with Crippen LogP contribution < -0.4 is 20.3 Å². The lowest BCUT2D eigenvalue weighted by atomic mass is 9.67. The van der Waals surface area contributed by atoms with Crippen molar-refractivity contribution in [3.8, 4) is 11.3 Å². The molecule has 0 bridgehead atoms. The first-order valence-corrected chi connectivity index (χ1v) is 17.2. The Balaban J connectivity index is 1.36. The third kappa shape index (κ3) is 5.65. The van der Waals surface area contributed by atoms with Gasteiger partial charge in [-0.3, -0.25) is 4.72 Å². The molecule has 10 nitrogen and oxygen atoms in total. The van der Waals surface area contributed by atoms with E-state index in [0.717, 1.165) is 18.2 Å². The molecule has 15 heteroatoms. The zero-order valence-electron chi connectivity index (χ0n) is 23.4. The summed E-state index contributed by atoms with van der Waals surface area (Å²) < 4.78 is 96.7. The largest absolute Gasteiger partial charge is 0.361 e. The molecule has 1 saturated carbocycles. The van der Waals surface area contributed by atoms with E-state index in [1.807, 2.05) is 18.7 Å². The van der Waals surface area contributed by atoms with Gasteiger partial charge in [-0.1, -0.05) is 6.07 Å². The van der Waals surface area contributed by atoms with E-state index in [1.165, 1.54) is 12.3 Å². The van der Waals surface area contributed by atoms with Gasteiger partial charge in [0.25, 0.3) is 10.0 Å². The highest BCUT2D eigenvalue weighted by Crippen LogP contribution is 2.50. The molecule has 6 rings (SSSR count). The third-order valence-electron chi connectivity index (χ3n) is 8.29. The maximum atomic E-state index is 16.2. The van der Waals surface area contributed by atoms with E-state index in [4.69, 9.17) is 0 Å². The van der Waals surface area contributed by atoms with Crippen molar-refractivity contribution < 1.29 is 30.0 Å². The van der Waals surface area contributed by atoms with Crippen LogP contribution in [0.4, 0.5) is 30.5 Å². The third-order valence-corrected chi connectivity index (χ3v) is 11.8. The molecule has 0 radical (unpaired) electrons. The molecule has 3 aromatic rings. The van der Waals surface area contributed by atoms with Crippen LogP contribution in [-0.2, 0) is 19.9 Å². The number of sulfonamides is 1. The maximum absolute atomic E-state index is 16.2. The minimum Gasteiger partial charge on any atom is -0.361 e. The molecule has 1 spiro atoms. The fourth-order valence-electron chi connectivity index (χ4n) is 6.55. The molecule has 2 aromatic carbocycles. The van der Waals surface area contributed by atoms with Crippen LogP contribution in [0.2, 0.25) is 0 Å². The van der Waals surface area contributed by atoms with Crippen LogP contribution in [0.3, 0.4) is 0 Å². The number of benzene rings is 2. The fraction of sp³-hybridized carbons (Fsp3) is 0.429. The van der Waals surface area contributed by atoms with E-state index in [1.54, 1.807) is 12.1 Å². The van der Waals surface area contributed by atoms with Gasteiger partial charge in [0.05, 0.1) is 28.6 Å². The predicted molar refractivity (Wildman–Crippen MR) is 157 cm³/mol. The van der Waals surface area contributed by atoms with Gasteiger partial charge in [-0.05, 0) is 57.0 Å². The Kier molecular flexibility index (Phi) is 7.32. The van der Waals surface area contributed by atoms with Gasteiger partial charge in [-0.25, -0.2) is 40.0 Å². The summed E-state index contributed by atoms with van der Waals surface area (Å²) in [6, 6.07) is 6.71. The van der Waals surface area contributed by atoms with Crippen LogP contribution in [0.25, 0.3) is 11.3 Å². The summed E-state index contributed by atoms with van der Waals surface area (Å²) in [6.07, 6.45) is 2.86.